The molecule has 0 unspecified atom stereocenters. The van der Waals surface area contributed by atoms with E-state index in [-0.39, 0.29) is 29.4 Å². The first-order valence-corrected chi connectivity index (χ1v) is 9.32. The molecule has 28 heavy (non-hydrogen) atoms. The zero-order valence-electron chi connectivity index (χ0n) is 14.6. The number of hydrogen-bond acceptors (Lipinski definition) is 7. The van der Waals surface area contributed by atoms with Gasteiger partial charge >= 0.3 is 5.97 Å². The monoisotopic (exact) mass is 390 g/mol. The molecule has 0 atom stereocenters. The molecule has 138 valence electrons. The minimum Gasteiger partial charge on any atom is -0.452 e. The van der Waals surface area contributed by atoms with Gasteiger partial charge in [-0.25, -0.2) is 4.79 Å². The van der Waals surface area contributed by atoms with Crippen molar-refractivity contribution in [3.05, 3.63) is 94.7 Å². The third-order valence-corrected chi connectivity index (χ3v) is 4.83. The molecular formula is C21H14N2O4S. The molecule has 2 heterocycles. The number of hydrogen-bond donors (Lipinski definition) is 0. The number of benzene rings is 2. The summed E-state index contributed by atoms with van der Waals surface area (Å²) >= 11 is 1.48. The highest BCUT2D eigenvalue weighted by molar-refractivity contribution is 7.13. The first-order valence-electron chi connectivity index (χ1n) is 8.45. The van der Waals surface area contributed by atoms with Crippen LogP contribution in [0.25, 0.3) is 10.7 Å². The number of rotatable bonds is 6. The van der Waals surface area contributed by atoms with Crippen LogP contribution >= 0.6 is 11.3 Å². The summed E-state index contributed by atoms with van der Waals surface area (Å²) in [7, 11) is 0. The Hall–Kier alpha value is -3.58. The van der Waals surface area contributed by atoms with Crippen LogP contribution in [0.3, 0.4) is 0 Å². The smallest absolute Gasteiger partial charge is 0.339 e. The number of thiophene rings is 1. The largest absolute Gasteiger partial charge is 0.452 e. The van der Waals surface area contributed by atoms with E-state index in [1.54, 1.807) is 48.5 Å². The summed E-state index contributed by atoms with van der Waals surface area (Å²) in [6.07, 6.45) is 0. The Morgan fingerprint density at radius 2 is 1.68 bits per heavy atom. The lowest BCUT2D eigenvalue weighted by Gasteiger charge is -2.08. The zero-order valence-corrected chi connectivity index (χ0v) is 15.4. The van der Waals surface area contributed by atoms with Gasteiger partial charge in [0.1, 0.15) is 0 Å². The predicted octanol–water partition coefficient (Wildman–Crippen LogP) is 4.39. The minimum atomic E-state index is -0.629. The van der Waals surface area contributed by atoms with Gasteiger partial charge < -0.3 is 9.26 Å². The van der Waals surface area contributed by atoms with E-state index in [1.165, 1.54) is 11.3 Å². The molecule has 0 saturated heterocycles. The van der Waals surface area contributed by atoms with Crippen molar-refractivity contribution in [2.45, 2.75) is 6.61 Å². The Bertz CT molecular complexity index is 1100. The molecule has 0 aliphatic rings. The molecule has 6 nitrogen and oxygen atoms in total. The summed E-state index contributed by atoms with van der Waals surface area (Å²) in [5, 5.41) is 5.78. The van der Waals surface area contributed by atoms with E-state index in [4.69, 9.17) is 9.26 Å². The number of aromatic nitrogens is 2. The number of carbonyl (C=O) groups excluding carboxylic acids is 2. The molecule has 0 N–H and O–H groups in total. The van der Waals surface area contributed by atoms with Crippen molar-refractivity contribution >= 4 is 23.1 Å². The molecule has 0 spiro atoms. The maximum Gasteiger partial charge on any atom is 0.339 e. The van der Waals surface area contributed by atoms with E-state index in [0.717, 1.165) is 4.88 Å². The lowest BCUT2D eigenvalue weighted by molar-refractivity contribution is 0.0427. The van der Waals surface area contributed by atoms with Crippen LogP contribution in [0, 0.1) is 0 Å². The third kappa shape index (κ3) is 3.74. The van der Waals surface area contributed by atoms with Gasteiger partial charge in [0, 0.05) is 11.1 Å². The minimum absolute atomic E-state index is 0.176. The topological polar surface area (TPSA) is 82.3 Å². The standard InChI is InChI=1S/C21H14N2O4S/c24-19(14-7-2-1-3-8-14)15-9-4-5-10-16(15)21(25)26-13-18-22-20(23-27-18)17-11-6-12-28-17/h1-12H,13H2. The molecule has 0 fully saturated rings. The highest BCUT2D eigenvalue weighted by atomic mass is 32.1. The fraction of sp³-hybridized carbons (Fsp3) is 0.0476. The fourth-order valence-corrected chi connectivity index (χ4v) is 3.28. The van der Waals surface area contributed by atoms with Crippen molar-refractivity contribution in [1.29, 1.82) is 0 Å². The van der Waals surface area contributed by atoms with Crippen LogP contribution in [-0.2, 0) is 11.3 Å². The summed E-state index contributed by atoms with van der Waals surface area (Å²) in [5.74, 6) is -0.244. The fourth-order valence-electron chi connectivity index (χ4n) is 2.63. The van der Waals surface area contributed by atoms with Crippen molar-refractivity contribution in [1.82, 2.24) is 10.1 Å². The van der Waals surface area contributed by atoms with Gasteiger partial charge in [0.25, 0.3) is 5.89 Å². The number of carbonyl (C=O) groups is 2. The van der Waals surface area contributed by atoms with Crippen LogP contribution < -0.4 is 0 Å². The second-order valence-electron chi connectivity index (χ2n) is 5.81. The first kappa shape index (κ1) is 17.8. The molecule has 0 aliphatic heterocycles. The third-order valence-electron chi connectivity index (χ3n) is 3.96. The Balaban J connectivity index is 1.49. The van der Waals surface area contributed by atoms with Gasteiger partial charge in [-0.3, -0.25) is 4.79 Å². The van der Waals surface area contributed by atoms with Crippen molar-refractivity contribution in [3.8, 4) is 10.7 Å². The lowest BCUT2D eigenvalue weighted by atomic mass is 9.98. The Morgan fingerprint density at radius 1 is 0.929 bits per heavy atom. The quantitative estimate of drug-likeness (QED) is 0.359. The molecule has 7 heteroatoms. The van der Waals surface area contributed by atoms with Gasteiger partial charge in [0.05, 0.1) is 10.4 Å². The number of esters is 1. The van der Waals surface area contributed by atoms with Gasteiger partial charge in [0.2, 0.25) is 5.82 Å². The van der Waals surface area contributed by atoms with Crippen molar-refractivity contribution in [2.75, 3.05) is 0 Å². The highest BCUT2D eigenvalue weighted by Crippen LogP contribution is 2.22. The maximum atomic E-state index is 12.7. The molecule has 0 saturated carbocycles. The van der Waals surface area contributed by atoms with E-state index in [9.17, 15) is 9.59 Å². The van der Waals surface area contributed by atoms with Crippen LogP contribution in [0.2, 0.25) is 0 Å². The number of nitrogens with zero attached hydrogens (tertiary/aromatic N) is 2. The summed E-state index contributed by atoms with van der Waals surface area (Å²) < 4.78 is 10.4. The molecular weight excluding hydrogens is 376 g/mol. The van der Waals surface area contributed by atoms with E-state index >= 15 is 0 Å². The van der Waals surface area contributed by atoms with Crippen LogP contribution in [0.1, 0.15) is 32.2 Å². The summed E-state index contributed by atoms with van der Waals surface area (Å²) in [4.78, 5) is 30.4. The van der Waals surface area contributed by atoms with Crippen LogP contribution in [0.4, 0.5) is 0 Å². The van der Waals surface area contributed by atoms with Crippen LogP contribution in [-0.4, -0.2) is 21.9 Å². The molecule has 4 rings (SSSR count). The predicted molar refractivity (Wildman–Crippen MR) is 103 cm³/mol. The van der Waals surface area contributed by atoms with Gasteiger partial charge in [-0.2, -0.15) is 4.98 Å². The molecule has 0 aliphatic carbocycles. The van der Waals surface area contributed by atoms with E-state index < -0.39 is 5.97 Å². The number of ketones is 1. The number of ether oxygens (including phenoxy) is 1. The maximum absolute atomic E-state index is 12.7. The summed E-state index contributed by atoms with van der Waals surface area (Å²) in [5.41, 5.74) is 0.970. The molecule has 4 aromatic rings. The second-order valence-corrected chi connectivity index (χ2v) is 6.75. The Labute approximate surface area is 164 Å². The van der Waals surface area contributed by atoms with Gasteiger partial charge in [-0.05, 0) is 17.5 Å². The summed E-state index contributed by atoms with van der Waals surface area (Å²) in [6, 6.07) is 19.1. The normalized spacial score (nSPS) is 10.6. The van der Waals surface area contributed by atoms with E-state index in [1.807, 2.05) is 23.6 Å². The average Bonchev–Trinajstić information content (AvgIpc) is 3.44. The first-order chi connectivity index (χ1) is 13.7. The molecule has 2 aromatic carbocycles. The van der Waals surface area contributed by atoms with Crippen LogP contribution in [0.15, 0.2) is 76.6 Å². The van der Waals surface area contributed by atoms with Gasteiger partial charge in [0.15, 0.2) is 12.4 Å². The lowest BCUT2D eigenvalue weighted by Crippen LogP contribution is -2.12. The molecule has 2 aromatic heterocycles. The van der Waals surface area contributed by atoms with Gasteiger partial charge in [-0.15, -0.1) is 11.3 Å². The molecule has 0 radical (unpaired) electrons. The zero-order chi connectivity index (χ0) is 19.3. The van der Waals surface area contributed by atoms with Crippen molar-refractivity contribution in [2.24, 2.45) is 0 Å². The highest BCUT2D eigenvalue weighted by Gasteiger charge is 2.20. The summed E-state index contributed by atoms with van der Waals surface area (Å²) in [6.45, 7) is -0.176. The van der Waals surface area contributed by atoms with Gasteiger partial charge in [-0.1, -0.05) is 59.8 Å². The van der Waals surface area contributed by atoms with Crippen LogP contribution in [0.5, 0.6) is 0 Å². The molecule has 0 amide bonds. The van der Waals surface area contributed by atoms with Crippen molar-refractivity contribution in [3.63, 3.8) is 0 Å². The second kappa shape index (κ2) is 7.98. The Morgan fingerprint density at radius 3 is 2.43 bits per heavy atom. The van der Waals surface area contributed by atoms with Crippen molar-refractivity contribution < 1.29 is 18.8 Å². The van der Waals surface area contributed by atoms with E-state index in [2.05, 4.69) is 10.1 Å². The average molecular weight is 390 g/mol. The molecule has 0 bridgehead atoms. The van der Waals surface area contributed by atoms with E-state index in [0.29, 0.717) is 11.4 Å². The Kier molecular flexibility index (Phi) is 5.07. The SMILES string of the molecule is O=C(OCc1nc(-c2cccs2)no1)c1ccccc1C(=O)c1ccccc1.